The zero-order valence-electron chi connectivity index (χ0n) is 22.4. The first kappa shape index (κ1) is 26.4. The fraction of sp³-hybridized carbons (Fsp3) is 0.258. The van der Waals surface area contributed by atoms with Gasteiger partial charge in [0.05, 0.1) is 35.6 Å². The summed E-state index contributed by atoms with van der Waals surface area (Å²) in [7, 11) is 0. The predicted molar refractivity (Wildman–Crippen MR) is 153 cm³/mol. The van der Waals surface area contributed by atoms with Crippen molar-refractivity contribution < 1.29 is 19.0 Å². The van der Waals surface area contributed by atoms with E-state index < -0.39 is 12.0 Å². The fourth-order valence-electron chi connectivity index (χ4n) is 4.92. The van der Waals surface area contributed by atoms with Gasteiger partial charge in [-0.3, -0.25) is 9.36 Å². The van der Waals surface area contributed by atoms with Gasteiger partial charge in [0.2, 0.25) is 0 Å². The van der Waals surface area contributed by atoms with Gasteiger partial charge in [0.15, 0.2) is 4.80 Å². The number of rotatable bonds is 8. The third kappa shape index (κ3) is 4.88. The number of para-hydroxylation sites is 1. The van der Waals surface area contributed by atoms with Crippen LogP contribution in [0.5, 0.6) is 11.5 Å². The van der Waals surface area contributed by atoms with Gasteiger partial charge in [-0.1, -0.05) is 59.9 Å². The lowest BCUT2D eigenvalue weighted by Crippen LogP contribution is -2.40. The Labute approximate surface area is 230 Å². The first-order valence-electron chi connectivity index (χ1n) is 13.0. The highest BCUT2D eigenvalue weighted by atomic mass is 32.1. The number of thiazole rings is 1. The van der Waals surface area contributed by atoms with Crippen molar-refractivity contribution in [3.05, 3.63) is 103 Å². The van der Waals surface area contributed by atoms with Crippen molar-refractivity contribution in [3.63, 3.8) is 0 Å². The van der Waals surface area contributed by atoms with Crippen LogP contribution < -0.4 is 24.4 Å². The van der Waals surface area contributed by atoms with Gasteiger partial charge < -0.3 is 14.2 Å². The van der Waals surface area contributed by atoms with E-state index in [1.807, 2.05) is 80.6 Å². The molecule has 0 fully saturated rings. The van der Waals surface area contributed by atoms with Crippen molar-refractivity contribution in [2.45, 2.75) is 33.7 Å². The second kappa shape index (κ2) is 11.3. The van der Waals surface area contributed by atoms with Gasteiger partial charge in [-0.25, -0.2) is 9.79 Å². The SMILES string of the molecule is CCOC(=O)C1=C(C)N=c2s/c(=C\c3ccc(OCC)c4ccccc34)c(=O)n2[C@H]1c1ccccc1OCC. The molecule has 0 saturated heterocycles. The topological polar surface area (TPSA) is 79.1 Å². The number of carbonyl (C=O) groups is 1. The number of ether oxygens (including phenoxy) is 3. The van der Waals surface area contributed by atoms with Gasteiger partial charge in [-0.05, 0) is 56.9 Å². The van der Waals surface area contributed by atoms with Gasteiger partial charge >= 0.3 is 5.97 Å². The minimum atomic E-state index is -0.734. The highest BCUT2D eigenvalue weighted by Gasteiger charge is 2.35. The third-order valence-electron chi connectivity index (χ3n) is 6.53. The summed E-state index contributed by atoms with van der Waals surface area (Å²) in [5.74, 6) is 0.907. The first-order valence-corrected chi connectivity index (χ1v) is 13.9. The Kier molecular flexibility index (Phi) is 7.65. The summed E-state index contributed by atoms with van der Waals surface area (Å²) in [6.45, 7) is 8.61. The highest BCUT2D eigenvalue weighted by Crippen LogP contribution is 2.36. The molecule has 0 radical (unpaired) electrons. The van der Waals surface area contributed by atoms with Crippen molar-refractivity contribution in [1.29, 1.82) is 0 Å². The molecule has 8 heteroatoms. The summed E-state index contributed by atoms with van der Waals surface area (Å²) in [6, 6.07) is 18.6. The Balaban J connectivity index is 1.75. The van der Waals surface area contributed by atoms with Gasteiger partial charge in [-0.15, -0.1) is 0 Å². The number of benzene rings is 3. The van der Waals surface area contributed by atoms with E-state index in [4.69, 9.17) is 14.2 Å². The Bertz CT molecular complexity index is 1770. The Morgan fingerprint density at radius 1 is 0.923 bits per heavy atom. The molecule has 0 N–H and O–H groups in total. The molecule has 1 aliphatic rings. The summed E-state index contributed by atoms with van der Waals surface area (Å²) in [5.41, 5.74) is 2.21. The molecule has 7 nitrogen and oxygen atoms in total. The fourth-order valence-corrected chi connectivity index (χ4v) is 5.96. The molecule has 0 unspecified atom stereocenters. The molecule has 39 heavy (non-hydrogen) atoms. The van der Waals surface area contributed by atoms with Gasteiger partial charge in [0.25, 0.3) is 5.56 Å². The van der Waals surface area contributed by atoms with Crippen molar-refractivity contribution in [1.82, 2.24) is 4.57 Å². The van der Waals surface area contributed by atoms with Crippen molar-refractivity contribution in [2.24, 2.45) is 4.99 Å². The molecule has 5 rings (SSSR count). The molecule has 200 valence electrons. The van der Waals surface area contributed by atoms with Gasteiger partial charge in [-0.2, -0.15) is 0 Å². The highest BCUT2D eigenvalue weighted by molar-refractivity contribution is 7.07. The molecule has 2 heterocycles. The van der Waals surface area contributed by atoms with Crippen molar-refractivity contribution in [2.75, 3.05) is 19.8 Å². The number of nitrogens with zero attached hydrogens (tertiary/aromatic N) is 2. The van der Waals surface area contributed by atoms with Crippen LogP contribution in [0.3, 0.4) is 0 Å². The van der Waals surface area contributed by atoms with Crippen LogP contribution in [0.1, 0.15) is 44.9 Å². The second-order valence-corrected chi connectivity index (χ2v) is 9.91. The predicted octanol–water partition coefficient (Wildman–Crippen LogP) is 4.75. The number of hydrogen-bond donors (Lipinski definition) is 0. The standard InChI is InChI=1S/C31H30N2O5S/c1-5-36-24-15-11-10-14-23(24)28-27(30(35)38-7-3)19(4)32-31-33(28)29(34)26(39-31)18-20-16-17-25(37-6-2)22-13-9-8-12-21(20)22/h8-18,28H,5-7H2,1-4H3/b26-18-/t28-/m0/s1. The smallest absolute Gasteiger partial charge is 0.338 e. The van der Waals surface area contributed by atoms with Crippen LogP contribution in [0, 0.1) is 0 Å². The number of carbonyl (C=O) groups excluding carboxylic acids is 1. The number of hydrogen-bond acceptors (Lipinski definition) is 7. The first-order chi connectivity index (χ1) is 19.0. The average molecular weight is 543 g/mol. The van der Waals surface area contributed by atoms with Crippen LogP contribution >= 0.6 is 11.3 Å². The monoisotopic (exact) mass is 542 g/mol. The Hall–Kier alpha value is -4.17. The number of allylic oxidation sites excluding steroid dienone is 1. The number of fused-ring (bicyclic) bond motifs is 2. The molecule has 1 aliphatic heterocycles. The maximum atomic E-state index is 14.1. The summed E-state index contributed by atoms with van der Waals surface area (Å²) in [4.78, 5) is 32.5. The van der Waals surface area contributed by atoms with Crippen LogP contribution in [0.2, 0.25) is 0 Å². The van der Waals surface area contributed by atoms with Crippen molar-refractivity contribution in [3.8, 4) is 11.5 Å². The van der Waals surface area contributed by atoms with Crippen LogP contribution in [-0.2, 0) is 9.53 Å². The Morgan fingerprint density at radius 3 is 2.36 bits per heavy atom. The second-order valence-electron chi connectivity index (χ2n) is 8.90. The normalized spacial score (nSPS) is 15.2. The van der Waals surface area contributed by atoms with E-state index >= 15 is 0 Å². The maximum Gasteiger partial charge on any atom is 0.338 e. The van der Waals surface area contributed by atoms with E-state index in [9.17, 15) is 9.59 Å². The number of aromatic nitrogens is 1. The van der Waals surface area contributed by atoms with Gasteiger partial charge in [0.1, 0.15) is 17.5 Å². The molecule has 1 atom stereocenters. The number of esters is 1. The van der Waals surface area contributed by atoms with Crippen molar-refractivity contribution >= 4 is 34.2 Å². The molecule has 1 aromatic heterocycles. The molecule has 4 aromatic rings. The molecule has 0 saturated carbocycles. The van der Waals surface area contributed by atoms with Crippen LogP contribution in [-0.4, -0.2) is 30.4 Å². The zero-order chi connectivity index (χ0) is 27.5. The molecular formula is C31H30N2O5S. The molecule has 0 bridgehead atoms. The lowest BCUT2D eigenvalue weighted by atomic mass is 9.95. The lowest BCUT2D eigenvalue weighted by molar-refractivity contribution is -0.139. The molecule has 0 amide bonds. The Morgan fingerprint density at radius 2 is 1.62 bits per heavy atom. The van der Waals surface area contributed by atoms with E-state index in [0.717, 1.165) is 22.1 Å². The largest absolute Gasteiger partial charge is 0.494 e. The zero-order valence-corrected chi connectivity index (χ0v) is 23.2. The third-order valence-corrected chi connectivity index (χ3v) is 7.52. The van der Waals surface area contributed by atoms with Crippen LogP contribution in [0.25, 0.3) is 16.8 Å². The average Bonchev–Trinajstić information content (AvgIpc) is 3.24. The molecule has 0 spiro atoms. The summed E-state index contributed by atoms with van der Waals surface area (Å²) in [6.07, 6.45) is 1.89. The van der Waals surface area contributed by atoms with E-state index in [0.29, 0.717) is 45.1 Å². The van der Waals surface area contributed by atoms with E-state index in [1.54, 1.807) is 18.4 Å². The van der Waals surface area contributed by atoms with Gasteiger partial charge in [0, 0.05) is 10.9 Å². The summed E-state index contributed by atoms with van der Waals surface area (Å²) >= 11 is 1.30. The van der Waals surface area contributed by atoms with E-state index in [-0.39, 0.29) is 12.2 Å². The summed E-state index contributed by atoms with van der Waals surface area (Å²) < 4.78 is 19.2. The molecular weight excluding hydrogens is 512 g/mol. The minimum Gasteiger partial charge on any atom is -0.494 e. The van der Waals surface area contributed by atoms with E-state index in [1.165, 1.54) is 11.3 Å². The lowest BCUT2D eigenvalue weighted by Gasteiger charge is -2.26. The molecule has 0 aliphatic carbocycles. The van der Waals surface area contributed by atoms with Crippen LogP contribution in [0.4, 0.5) is 0 Å². The quantitative estimate of drug-likeness (QED) is 0.300. The minimum absolute atomic E-state index is 0.213. The van der Waals surface area contributed by atoms with Crippen LogP contribution in [0.15, 0.2) is 81.7 Å². The maximum absolute atomic E-state index is 14.1. The summed E-state index contributed by atoms with van der Waals surface area (Å²) in [5, 5.41) is 1.96. The molecule has 3 aromatic carbocycles. The van der Waals surface area contributed by atoms with E-state index in [2.05, 4.69) is 4.99 Å².